The average Bonchev–Trinajstić information content (AvgIpc) is 2.06. The molecule has 14 heavy (non-hydrogen) atoms. The van der Waals surface area contributed by atoms with Crippen molar-refractivity contribution in [3.63, 3.8) is 0 Å². The third-order valence-corrected chi connectivity index (χ3v) is 1.01. The van der Waals surface area contributed by atoms with E-state index in [2.05, 4.69) is 6.07 Å². The Labute approximate surface area is 105 Å². The van der Waals surface area contributed by atoms with E-state index in [9.17, 15) is 9.90 Å². The average molecular weight is 377 g/mol. The molecule has 0 aliphatic rings. The van der Waals surface area contributed by atoms with Crippen LogP contribution in [-0.4, -0.2) is 5.78 Å². The van der Waals surface area contributed by atoms with Gasteiger partial charge in [0.2, 0.25) is 0 Å². The number of rotatable bonds is 1. The van der Waals surface area contributed by atoms with Crippen molar-refractivity contribution in [2.24, 2.45) is 0 Å². The summed E-state index contributed by atoms with van der Waals surface area (Å²) in [6.45, 7) is 2.70. The maximum absolute atomic E-state index is 9.98. The van der Waals surface area contributed by atoms with Crippen molar-refractivity contribution in [3.8, 4) is 0 Å². The van der Waals surface area contributed by atoms with Crippen molar-refractivity contribution >= 4 is 5.78 Å². The Kier molecular flexibility index (Phi) is 11.8. The van der Waals surface area contributed by atoms with Crippen LogP contribution >= 0.6 is 0 Å². The van der Waals surface area contributed by atoms with E-state index < -0.39 is 0 Å². The van der Waals surface area contributed by atoms with Crippen molar-refractivity contribution < 1.29 is 37.6 Å². The summed E-state index contributed by atoms with van der Waals surface area (Å²) < 4.78 is 0. The van der Waals surface area contributed by atoms with E-state index in [-0.39, 0.29) is 39.2 Å². The summed E-state index contributed by atoms with van der Waals surface area (Å²) in [5.41, 5.74) is 0. The van der Waals surface area contributed by atoms with Crippen LogP contribution in [0.5, 0.6) is 0 Å². The summed E-state index contributed by atoms with van der Waals surface area (Å²) in [7, 11) is 0. The summed E-state index contributed by atoms with van der Waals surface area (Å²) in [5, 5.41) is 9.98. The summed E-state index contributed by atoms with van der Waals surface area (Å²) >= 11 is 0. The maximum Gasteiger partial charge on any atom is 2.00 e. The van der Waals surface area contributed by atoms with Crippen molar-refractivity contribution in [2.75, 3.05) is 0 Å². The van der Waals surface area contributed by atoms with Crippen LogP contribution in [0.2, 0.25) is 0 Å². The summed E-state index contributed by atoms with van der Waals surface area (Å²) in [6, 6.07) is 12.5. The molecule has 0 atom stereocenters. The number of hydrogen-bond acceptors (Lipinski definition) is 2. The van der Waals surface area contributed by atoms with Gasteiger partial charge >= 0.3 is 27.7 Å². The van der Waals surface area contributed by atoms with Gasteiger partial charge in [-0.15, -0.1) is 5.76 Å². The van der Waals surface area contributed by atoms with Gasteiger partial charge in [-0.25, -0.2) is 0 Å². The molecule has 1 aromatic rings. The molecule has 0 unspecified atom stereocenters. The van der Waals surface area contributed by atoms with Crippen molar-refractivity contribution in [1.29, 1.82) is 0 Å². The molecule has 70 valence electrons. The Morgan fingerprint density at radius 3 is 1.79 bits per heavy atom. The van der Waals surface area contributed by atoms with Crippen LogP contribution in [0, 0.1) is 6.07 Å². The number of hydrogen-bond donors (Lipinski definition) is 0. The van der Waals surface area contributed by atoms with Gasteiger partial charge < -0.3 is 5.11 Å². The predicted molar refractivity (Wildman–Crippen MR) is 49.7 cm³/mol. The number of ketones is 1. The van der Waals surface area contributed by atoms with Gasteiger partial charge in [0, 0.05) is 0 Å². The molecule has 3 heteroatoms. The molecule has 0 aliphatic heterocycles. The van der Waals surface area contributed by atoms with Gasteiger partial charge in [-0.2, -0.15) is 36.4 Å². The molecular formula is C11H12HgO2. The number of carbonyl (C=O) groups excluding carboxylic acids is 1. The topological polar surface area (TPSA) is 40.1 Å². The summed E-state index contributed by atoms with van der Waals surface area (Å²) in [5.74, 6) is -0.375. The molecule has 0 fully saturated rings. The van der Waals surface area contributed by atoms with Gasteiger partial charge in [-0.3, -0.25) is 4.79 Å². The Balaban J connectivity index is 0. The molecule has 2 nitrogen and oxygen atoms in total. The third-order valence-electron chi connectivity index (χ3n) is 1.01. The normalized spacial score (nSPS) is 9.14. The van der Waals surface area contributed by atoms with E-state index in [1.165, 1.54) is 13.8 Å². The van der Waals surface area contributed by atoms with Crippen molar-refractivity contribution in [2.45, 2.75) is 13.8 Å². The van der Waals surface area contributed by atoms with E-state index in [4.69, 9.17) is 0 Å². The molecule has 0 radical (unpaired) electrons. The van der Waals surface area contributed by atoms with Gasteiger partial charge in [-0.05, 0) is 13.0 Å². The minimum atomic E-state index is -0.187. The van der Waals surface area contributed by atoms with Gasteiger partial charge in [0.25, 0.3) is 0 Å². The molecule has 0 saturated carbocycles. The van der Waals surface area contributed by atoms with E-state index in [0.29, 0.717) is 0 Å². The SMILES string of the molecule is CC(=O)/C=C(/C)[O-].[Hg+2].[c-]1ccccc1. The quantitative estimate of drug-likeness (QED) is 0.321. The second-order valence-corrected chi connectivity index (χ2v) is 2.44. The van der Waals surface area contributed by atoms with Crippen molar-refractivity contribution in [1.82, 2.24) is 0 Å². The second-order valence-electron chi connectivity index (χ2n) is 2.44. The molecule has 0 aromatic heterocycles. The Morgan fingerprint density at radius 1 is 1.21 bits per heavy atom. The van der Waals surface area contributed by atoms with Crippen LogP contribution in [0.15, 0.2) is 42.2 Å². The Morgan fingerprint density at radius 2 is 1.71 bits per heavy atom. The van der Waals surface area contributed by atoms with Crippen LogP contribution in [0.4, 0.5) is 0 Å². The zero-order chi connectivity index (χ0) is 10.1. The number of carbonyl (C=O) groups is 1. The maximum atomic E-state index is 9.98. The van der Waals surface area contributed by atoms with Crippen LogP contribution in [0.25, 0.3) is 0 Å². The van der Waals surface area contributed by atoms with Gasteiger partial charge in [0.1, 0.15) is 0 Å². The monoisotopic (exact) mass is 378 g/mol. The minimum absolute atomic E-state index is 0. The zero-order valence-electron chi connectivity index (χ0n) is 8.49. The molecule has 0 heterocycles. The molecule has 0 spiro atoms. The number of allylic oxidation sites excluding steroid dienone is 2. The van der Waals surface area contributed by atoms with E-state index in [0.717, 1.165) is 6.08 Å². The fourth-order valence-corrected chi connectivity index (χ4v) is 0.628. The molecule has 1 aromatic carbocycles. The first-order valence-electron chi connectivity index (χ1n) is 3.90. The first-order chi connectivity index (χ1) is 6.13. The van der Waals surface area contributed by atoms with Crippen LogP contribution in [0.3, 0.4) is 0 Å². The molecule has 0 aliphatic carbocycles. The third kappa shape index (κ3) is 13.9. The second kappa shape index (κ2) is 10.4. The molecule has 0 bridgehead atoms. The summed E-state index contributed by atoms with van der Waals surface area (Å²) in [4.78, 5) is 9.98. The fraction of sp³-hybridized carbons (Fsp3) is 0.182. The largest absolute Gasteiger partial charge is 2.00 e. The van der Waals surface area contributed by atoms with E-state index >= 15 is 0 Å². The van der Waals surface area contributed by atoms with Crippen LogP contribution in [-0.2, 0) is 32.5 Å². The minimum Gasteiger partial charge on any atom is -0.876 e. The van der Waals surface area contributed by atoms with Gasteiger partial charge in [0.15, 0.2) is 5.78 Å². The summed E-state index contributed by atoms with van der Waals surface area (Å²) in [6.07, 6.45) is 1.06. The first kappa shape index (κ1) is 15.8. The van der Waals surface area contributed by atoms with Crippen LogP contribution < -0.4 is 5.11 Å². The smallest absolute Gasteiger partial charge is 0.876 e. The standard InChI is InChI=1S/C6H5.C5H8O2.Hg/c1-2-4-6-5-3-1;1-4(6)3-5(2)7;/h1-5H;3,6H,1-2H3;/q-1;;+2/p-1/b;4-3-;. The predicted octanol–water partition coefficient (Wildman–Crippen LogP) is 1.32. The van der Waals surface area contributed by atoms with Gasteiger partial charge in [-0.1, -0.05) is 6.92 Å². The molecular weight excluding hydrogens is 365 g/mol. The Hall–Kier alpha value is -0.635. The van der Waals surface area contributed by atoms with Crippen LogP contribution in [0.1, 0.15) is 13.8 Å². The Bertz CT molecular complexity index is 237. The molecule has 0 saturated heterocycles. The fourth-order valence-electron chi connectivity index (χ4n) is 0.628. The van der Waals surface area contributed by atoms with E-state index in [1.807, 2.05) is 30.3 Å². The van der Waals surface area contributed by atoms with E-state index in [1.54, 1.807) is 0 Å². The number of benzene rings is 1. The molecule has 0 N–H and O–H groups in total. The zero-order valence-corrected chi connectivity index (χ0v) is 14.0. The molecule has 0 amide bonds. The first-order valence-corrected chi connectivity index (χ1v) is 3.90. The van der Waals surface area contributed by atoms with Crippen molar-refractivity contribution in [3.05, 3.63) is 48.2 Å². The van der Waals surface area contributed by atoms with Gasteiger partial charge in [0.05, 0.1) is 0 Å². The molecule has 1 rings (SSSR count).